The van der Waals surface area contributed by atoms with E-state index in [1.807, 2.05) is 0 Å². The first-order valence-corrected chi connectivity index (χ1v) is 0. The van der Waals surface area contributed by atoms with Gasteiger partial charge in [-0.25, -0.2) is 0 Å². The molecule has 4 heteroatoms. The minimum absolute atomic E-state index is 0. The monoisotopic (exact) mass is 158 g/mol. The van der Waals surface area contributed by atoms with Gasteiger partial charge in [-0.3, -0.25) is 0 Å². The molecule has 0 spiro atoms. The summed E-state index contributed by atoms with van der Waals surface area (Å²) >= 11 is 0. The molecule has 0 heterocycles. The van der Waals surface area contributed by atoms with Crippen molar-refractivity contribution in [1.82, 2.24) is 0 Å². The molecule has 0 saturated heterocycles. The van der Waals surface area contributed by atoms with E-state index in [1.54, 1.807) is 0 Å². The second-order valence-electron chi connectivity index (χ2n) is 0. The molecule has 0 atom stereocenters. The first-order valence-electron chi connectivity index (χ1n) is 0. The van der Waals surface area contributed by atoms with E-state index in [2.05, 4.69) is 0 Å². The van der Waals surface area contributed by atoms with Crippen molar-refractivity contribution in [3.63, 3.8) is 0 Å². The molecule has 0 saturated carbocycles. The van der Waals surface area contributed by atoms with Gasteiger partial charge in [-0.1, -0.05) is 0 Å². The Labute approximate surface area is 91.4 Å². The molecule has 0 fully saturated rings. The summed E-state index contributed by atoms with van der Waals surface area (Å²) < 4.78 is 0. The van der Waals surface area contributed by atoms with Crippen molar-refractivity contribution in [2.24, 2.45) is 0 Å². The van der Waals surface area contributed by atoms with Crippen molar-refractivity contribution < 1.29 is 34.1 Å². The van der Waals surface area contributed by atoms with Crippen LogP contribution < -0.4 is 0 Å². The smallest absolute Gasteiger partial charge is 0 e. The predicted octanol–water partition coefficient (Wildman–Crippen LogP) is -0.767. The van der Waals surface area contributed by atoms with Crippen molar-refractivity contribution >= 4 is 59.1 Å². The number of hydrogen-bond acceptors (Lipinski definition) is 0. The van der Waals surface area contributed by atoms with Crippen LogP contribution in [-0.4, -0.2) is 59.1 Å². The molecule has 0 rings (SSSR count). The zero-order valence-corrected chi connectivity index (χ0v) is 8.92. The third kappa shape index (κ3) is 8.90. The summed E-state index contributed by atoms with van der Waals surface area (Å²) in [5.74, 6) is 0. The van der Waals surface area contributed by atoms with Crippen LogP contribution in [0.25, 0.3) is 0 Å². The topological polar surface area (TPSA) is 0 Å². The maximum atomic E-state index is 0. The van der Waals surface area contributed by atoms with Gasteiger partial charge in [0.25, 0.3) is 0 Å². The molecule has 0 unspecified atom stereocenters. The molecule has 0 aromatic heterocycles. The van der Waals surface area contributed by atoms with Crippen molar-refractivity contribution in [3.05, 3.63) is 0 Å². The van der Waals surface area contributed by atoms with Crippen LogP contribution >= 0.6 is 0 Å². The molecular formula is Fe2Na2. The van der Waals surface area contributed by atoms with E-state index < -0.39 is 0 Å². The Bertz CT molecular complexity index is 4.00. The van der Waals surface area contributed by atoms with Crippen molar-refractivity contribution in [1.29, 1.82) is 0 Å². The molecule has 0 aliphatic rings. The molecule has 0 bridgehead atoms. The summed E-state index contributed by atoms with van der Waals surface area (Å²) in [7, 11) is 0. The fourth-order valence-corrected chi connectivity index (χ4v) is 0. The Morgan fingerprint density at radius 1 is 0.500 bits per heavy atom. The molecule has 0 aliphatic carbocycles. The molecule has 0 nitrogen and oxygen atoms in total. The zero-order chi connectivity index (χ0) is 0. The van der Waals surface area contributed by atoms with E-state index in [0.29, 0.717) is 0 Å². The molecule has 2 radical (unpaired) electrons. The Morgan fingerprint density at radius 3 is 0.500 bits per heavy atom. The molecule has 18 valence electrons. The Morgan fingerprint density at radius 2 is 0.500 bits per heavy atom. The second-order valence-corrected chi connectivity index (χ2v) is 0. The van der Waals surface area contributed by atoms with E-state index in [4.69, 9.17) is 0 Å². The third-order valence-corrected chi connectivity index (χ3v) is 0. The SMILES string of the molecule is [Fe].[Fe].[Na].[Na]. The van der Waals surface area contributed by atoms with Gasteiger partial charge in [0.05, 0.1) is 0 Å². The summed E-state index contributed by atoms with van der Waals surface area (Å²) in [4.78, 5) is 0. The minimum atomic E-state index is 0. The number of rotatable bonds is 0. The maximum absolute atomic E-state index is 0. The van der Waals surface area contributed by atoms with Crippen LogP contribution in [0.4, 0.5) is 0 Å². The van der Waals surface area contributed by atoms with Gasteiger partial charge in [0.1, 0.15) is 0 Å². The Balaban J connectivity index is 0. The molecule has 4 heavy (non-hydrogen) atoms. The Hall–Kier alpha value is 3.04. The minimum Gasteiger partial charge on any atom is 0 e. The molecule has 0 aromatic rings. The molecule has 0 amide bonds. The van der Waals surface area contributed by atoms with E-state index in [1.165, 1.54) is 0 Å². The normalized spacial score (nSPS) is 0. The van der Waals surface area contributed by atoms with Gasteiger partial charge in [0.15, 0.2) is 0 Å². The van der Waals surface area contributed by atoms with E-state index in [0.717, 1.165) is 0 Å². The van der Waals surface area contributed by atoms with Crippen LogP contribution in [0, 0.1) is 0 Å². The van der Waals surface area contributed by atoms with Crippen LogP contribution in [0.15, 0.2) is 0 Å². The fourth-order valence-electron chi connectivity index (χ4n) is 0. The van der Waals surface area contributed by atoms with Crippen LogP contribution in [0.2, 0.25) is 0 Å². The van der Waals surface area contributed by atoms with E-state index in [9.17, 15) is 0 Å². The quantitative estimate of drug-likeness (QED) is 0.406. The van der Waals surface area contributed by atoms with Crippen molar-refractivity contribution in [3.8, 4) is 0 Å². The van der Waals surface area contributed by atoms with Gasteiger partial charge in [-0.05, 0) is 0 Å². The van der Waals surface area contributed by atoms with E-state index >= 15 is 0 Å². The maximum Gasteiger partial charge on any atom is 0 e. The Kier molecular flexibility index (Phi) is 115. The average molecular weight is 158 g/mol. The third-order valence-electron chi connectivity index (χ3n) is 0. The fraction of sp³-hybridized carbons (Fsp3) is 0. The van der Waals surface area contributed by atoms with Gasteiger partial charge in [-0.2, -0.15) is 0 Å². The van der Waals surface area contributed by atoms with Gasteiger partial charge in [-0.15, -0.1) is 0 Å². The van der Waals surface area contributed by atoms with Crippen molar-refractivity contribution in [2.75, 3.05) is 0 Å². The van der Waals surface area contributed by atoms with Gasteiger partial charge >= 0.3 is 0 Å². The first kappa shape index (κ1) is 27.8. The molecular weight excluding hydrogens is 158 g/mol. The van der Waals surface area contributed by atoms with Crippen LogP contribution in [0.1, 0.15) is 0 Å². The largest absolute Gasteiger partial charge is 0 e. The first-order chi connectivity index (χ1) is 0. The summed E-state index contributed by atoms with van der Waals surface area (Å²) in [5.41, 5.74) is 0. The van der Waals surface area contributed by atoms with Crippen LogP contribution in [-0.2, 0) is 34.1 Å². The number of hydrogen-bond donors (Lipinski definition) is 0. The average Bonchev–Trinajstić information content (AvgIpc) is 0. The second kappa shape index (κ2) is 16.6. The van der Waals surface area contributed by atoms with Crippen molar-refractivity contribution in [2.45, 2.75) is 0 Å². The zero-order valence-electron chi connectivity index (χ0n) is 2.71. The molecule has 0 aromatic carbocycles. The molecule has 0 aliphatic heterocycles. The summed E-state index contributed by atoms with van der Waals surface area (Å²) in [6.07, 6.45) is 0. The van der Waals surface area contributed by atoms with Crippen LogP contribution in [0.5, 0.6) is 0 Å². The van der Waals surface area contributed by atoms with Gasteiger partial charge in [0, 0.05) is 93.3 Å². The van der Waals surface area contributed by atoms with Gasteiger partial charge < -0.3 is 0 Å². The predicted molar refractivity (Wildman–Crippen MR) is 11.5 cm³/mol. The van der Waals surface area contributed by atoms with Gasteiger partial charge in [0.2, 0.25) is 0 Å². The summed E-state index contributed by atoms with van der Waals surface area (Å²) in [6.45, 7) is 0. The summed E-state index contributed by atoms with van der Waals surface area (Å²) in [5, 5.41) is 0. The standard InChI is InChI=1S/2Fe.2Na. The summed E-state index contributed by atoms with van der Waals surface area (Å²) in [6, 6.07) is 0. The van der Waals surface area contributed by atoms with E-state index in [-0.39, 0.29) is 93.3 Å². The molecule has 0 N–H and O–H groups in total. The van der Waals surface area contributed by atoms with Crippen LogP contribution in [0.3, 0.4) is 0 Å².